The highest BCUT2D eigenvalue weighted by Gasteiger charge is 2.21. The lowest BCUT2D eigenvalue weighted by Gasteiger charge is -2.31. The summed E-state index contributed by atoms with van der Waals surface area (Å²) in [5.74, 6) is 0.230. The zero-order valence-electron chi connectivity index (χ0n) is 19.2. The first-order valence-corrected chi connectivity index (χ1v) is 12.4. The molecule has 174 valence electrons. The second-order valence-electron chi connectivity index (χ2n) is 8.33. The molecule has 3 aromatic rings. The Morgan fingerprint density at radius 3 is 2.27 bits per heavy atom. The summed E-state index contributed by atoms with van der Waals surface area (Å²) in [6.07, 6.45) is 0.849. The molecule has 2 heterocycles. The van der Waals surface area contributed by atoms with Crippen molar-refractivity contribution in [3.8, 4) is 0 Å². The molecule has 7 heteroatoms. The average molecular weight is 465 g/mol. The van der Waals surface area contributed by atoms with E-state index in [1.165, 1.54) is 22.5 Å². The fraction of sp³-hybridized carbons (Fsp3) is 0.385. The monoisotopic (exact) mass is 464 g/mol. The van der Waals surface area contributed by atoms with Crippen LogP contribution in [0.5, 0.6) is 0 Å². The quantitative estimate of drug-likeness (QED) is 0.492. The molecule has 0 unspecified atom stereocenters. The van der Waals surface area contributed by atoms with Crippen molar-refractivity contribution in [2.24, 2.45) is 0 Å². The van der Waals surface area contributed by atoms with E-state index in [4.69, 9.17) is 4.74 Å². The molecule has 1 N–H and O–H groups in total. The molecule has 0 bridgehead atoms. The summed E-state index contributed by atoms with van der Waals surface area (Å²) < 4.78 is 5.47. The second kappa shape index (κ2) is 11.9. The molecule has 2 aromatic carbocycles. The number of rotatable bonds is 9. The second-order valence-corrected chi connectivity index (χ2v) is 9.19. The Hall–Kier alpha value is -2.74. The van der Waals surface area contributed by atoms with Gasteiger partial charge in [0, 0.05) is 44.0 Å². The number of urea groups is 1. The lowest BCUT2D eigenvalue weighted by Crippen LogP contribution is -2.44. The van der Waals surface area contributed by atoms with E-state index in [-0.39, 0.29) is 11.9 Å². The van der Waals surface area contributed by atoms with Gasteiger partial charge in [0.1, 0.15) is 0 Å². The molecule has 0 atom stereocenters. The number of ether oxygens (including phenoxy) is 1. The van der Waals surface area contributed by atoms with Crippen molar-refractivity contribution in [3.05, 3.63) is 82.9 Å². The van der Waals surface area contributed by atoms with Crippen molar-refractivity contribution in [2.75, 3.05) is 51.3 Å². The minimum absolute atomic E-state index is 0.0857. The van der Waals surface area contributed by atoms with Crippen molar-refractivity contribution in [3.63, 3.8) is 0 Å². The summed E-state index contributed by atoms with van der Waals surface area (Å²) in [6, 6.07) is 21.0. The number of hydrogen-bond acceptors (Lipinski definition) is 5. The largest absolute Gasteiger partial charge is 0.379 e. The molecular formula is C26H32N4O2S. The summed E-state index contributed by atoms with van der Waals surface area (Å²) in [6.45, 7) is 7.46. The highest BCUT2D eigenvalue weighted by Crippen LogP contribution is 2.28. The van der Waals surface area contributed by atoms with Gasteiger partial charge in [-0.15, -0.1) is 11.3 Å². The summed E-state index contributed by atoms with van der Waals surface area (Å²) >= 11 is 1.46. The maximum Gasteiger partial charge on any atom is 0.323 e. The molecule has 1 aliphatic heterocycles. The predicted octanol–water partition coefficient (Wildman–Crippen LogP) is 4.84. The number of morpholine rings is 1. The zero-order valence-corrected chi connectivity index (χ0v) is 20.0. The molecule has 2 amide bonds. The summed E-state index contributed by atoms with van der Waals surface area (Å²) in [4.78, 5) is 21.9. The lowest BCUT2D eigenvalue weighted by atomic mass is 9.88. The smallest absolute Gasteiger partial charge is 0.323 e. The van der Waals surface area contributed by atoms with Crippen LogP contribution in [0.25, 0.3) is 0 Å². The van der Waals surface area contributed by atoms with Crippen LogP contribution in [0.1, 0.15) is 29.2 Å². The van der Waals surface area contributed by atoms with Gasteiger partial charge in [-0.05, 0) is 24.5 Å². The Kier molecular flexibility index (Phi) is 8.47. The van der Waals surface area contributed by atoms with Crippen LogP contribution in [0.4, 0.5) is 9.93 Å². The SMILES string of the molecule is Cc1csc(NC(=O)N(CCC(c2ccccc2)c2ccccc2)CCN2CCOCC2)n1. The first kappa shape index (κ1) is 23.4. The van der Waals surface area contributed by atoms with Gasteiger partial charge in [-0.2, -0.15) is 0 Å². The number of amides is 2. The number of benzene rings is 2. The van der Waals surface area contributed by atoms with Gasteiger partial charge in [-0.3, -0.25) is 10.2 Å². The Morgan fingerprint density at radius 2 is 1.70 bits per heavy atom. The molecule has 1 saturated heterocycles. The van der Waals surface area contributed by atoms with Crippen LogP contribution in [0.3, 0.4) is 0 Å². The average Bonchev–Trinajstić information content (AvgIpc) is 3.27. The Balaban J connectivity index is 1.47. The normalized spacial score (nSPS) is 14.4. The van der Waals surface area contributed by atoms with Crippen LogP contribution in [0, 0.1) is 6.92 Å². The number of carbonyl (C=O) groups excluding carboxylic acids is 1. The van der Waals surface area contributed by atoms with E-state index in [9.17, 15) is 4.79 Å². The van der Waals surface area contributed by atoms with E-state index in [0.29, 0.717) is 18.2 Å². The van der Waals surface area contributed by atoms with Gasteiger partial charge in [0.15, 0.2) is 5.13 Å². The molecule has 0 aliphatic carbocycles. The van der Waals surface area contributed by atoms with E-state index in [2.05, 4.69) is 63.7 Å². The van der Waals surface area contributed by atoms with Gasteiger partial charge in [-0.1, -0.05) is 60.7 Å². The van der Waals surface area contributed by atoms with Gasteiger partial charge in [0.05, 0.1) is 18.9 Å². The van der Waals surface area contributed by atoms with Gasteiger partial charge in [0.25, 0.3) is 0 Å². The number of carbonyl (C=O) groups is 1. The molecule has 1 aliphatic rings. The molecule has 1 fully saturated rings. The van der Waals surface area contributed by atoms with E-state index < -0.39 is 0 Å². The van der Waals surface area contributed by atoms with Crippen molar-refractivity contribution in [2.45, 2.75) is 19.3 Å². The van der Waals surface area contributed by atoms with Crippen molar-refractivity contribution < 1.29 is 9.53 Å². The topological polar surface area (TPSA) is 57.7 Å². The number of nitrogens with zero attached hydrogens (tertiary/aromatic N) is 3. The molecule has 33 heavy (non-hydrogen) atoms. The number of anilines is 1. The number of nitrogens with one attached hydrogen (secondary N) is 1. The highest BCUT2D eigenvalue weighted by atomic mass is 32.1. The Labute approximate surface area is 200 Å². The van der Waals surface area contributed by atoms with Crippen molar-refractivity contribution in [1.29, 1.82) is 0 Å². The van der Waals surface area contributed by atoms with E-state index >= 15 is 0 Å². The maximum atomic E-state index is 13.2. The molecule has 0 radical (unpaired) electrons. The first-order chi connectivity index (χ1) is 16.2. The van der Waals surface area contributed by atoms with Crippen LogP contribution in [0.2, 0.25) is 0 Å². The van der Waals surface area contributed by atoms with E-state index in [1.54, 1.807) is 0 Å². The molecule has 0 saturated carbocycles. The standard InChI is InChI=1S/C26H32N4O2S/c1-21-20-33-25(27-21)28-26(31)30(15-14-29-16-18-32-19-17-29)13-12-24(22-8-4-2-5-9-22)23-10-6-3-7-11-23/h2-11,20,24H,12-19H2,1H3,(H,27,28,31). The Bertz CT molecular complexity index is 950. The van der Waals surface area contributed by atoms with Crippen LogP contribution < -0.4 is 5.32 Å². The number of aryl methyl sites for hydroxylation is 1. The van der Waals surface area contributed by atoms with Gasteiger partial charge < -0.3 is 9.64 Å². The van der Waals surface area contributed by atoms with Crippen molar-refractivity contribution in [1.82, 2.24) is 14.8 Å². The third kappa shape index (κ3) is 6.87. The highest BCUT2D eigenvalue weighted by molar-refractivity contribution is 7.13. The van der Waals surface area contributed by atoms with Crippen LogP contribution in [0.15, 0.2) is 66.0 Å². The molecular weight excluding hydrogens is 432 g/mol. The zero-order chi connectivity index (χ0) is 22.9. The van der Waals surface area contributed by atoms with Crippen LogP contribution in [-0.2, 0) is 4.74 Å². The Morgan fingerprint density at radius 1 is 1.06 bits per heavy atom. The van der Waals surface area contributed by atoms with Crippen LogP contribution in [-0.4, -0.2) is 66.8 Å². The molecule has 4 rings (SSSR count). The van der Waals surface area contributed by atoms with Gasteiger partial charge in [0.2, 0.25) is 0 Å². The minimum atomic E-state index is -0.0857. The summed E-state index contributed by atoms with van der Waals surface area (Å²) in [5.41, 5.74) is 3.46. The molecule has 1 aromatic heterocycles. The predicted molar refractivity (Wildman–Crippen MR) is 134 cm³/mol. The van der Waals surface area contributed by atoms with Crippen LogP contribution >= 0.6 is 11.3 Å². The third-order valence-corrected chi connectivity index (χ3v) is 6.88. The van der Waals surface area contributed by atoms with Gasteiger partial charge >= 0.3 is 6.03 Å². The maximum absolute atomic E-state index is 13.2. The summed E-state index contributed by atoms with van der Waals surface area (Å²) in [5, 5.41) is 5.61. The lowest BCUT2D eigenvalue weighted by molar-refractivity contribution is 0.0351. The fourth-order valence-electron chi connectivity index (χ4n) is 4.17. The number of thiazole rings is 1. The molecule has 0 spiro atoms. The third-order valence-electron chi connectivity index (χ3n) is 6.00. The van der Waals surface area contributed by atoms with Crippen molar-refractivity contribution >= 4 is 22.5 Å². The summed E-state index contributed by atoms with van der Waals surface area (Å²) in [7, 11) is 0. The van der Waals surface area contributed by atoms with E-state index in [0.717, 1.165) is 45.0 Å². The van der Waals surface area contributed by atoms with Gasteiger partial charge in [-0.25, -0.2) is 9.78 Å². The number of aromatic nitrogens is 1. The first-order valence-electron chi connectivity index (χ1n) is 11.6. The van der Waals surface area contributed by atoms with E-state index in [1.807, 2.05) is 29.3 Å². The number of hydrogen-bond donors (Lipinski definition) is 1. The molecule has 6 nitrogen and oxygen atoms in total. The minimum Gasteiger partial charge on any atom is -0.379 e. The fourth-order valence-corrected chi connectivity index (χ4v) is 4.84.